The van der Waals surface area contributed by atoms with Gasteiger partial charge in [0.2, 0.25) is 5.91 Å². The van der Waals surface area contributed by atoms with Crippen LogP contribution in [0.15, 0.2) is 79.0 Å². The van der Waals surface area contributed by atoms with Gasteiger partial charge in [0.15, 0.2) is 0 Å². The minimum absolute atomic E-state index is 0.105. The third-order valence-corrected chi connectivity index (χ3v) is 9.74. The Morgan fingerprint density at radius 1 is 0.879 bits per heavy atom. The molecule has 58 heavy (non-hydrogen) atoms. The number of carboxylic acids is 2. The molecule has 314 valence electrons. The first-order valence-corrected chi connectivity index (χ1v) is 18.3. The van der Waals surface area contributed by atoms with E-state index in [1.807, 2.05) is 77.5 Å². The van der Waals surface area contributed by atoms with E-state index in [1.54, 1.807) is 0 Å². The summed E-state index contributed by atoms with van der Waals surface area (Å²) in [6.45, 7) is 6.10. The Morgan fingerprint density at radius 2 is 1.45 bits per heavy atom. The number of aliphatic carboxylic acids is 2. The fraction of sp³-hybridized carbons (Fsp3) is 0.385. The average Bonchev–Trinajstić information content (AvgIpc) is 3.60. The Morgan fingerprint density at radius 3 is 2.02 bits per heavy atom. The molecule has 3 amide bonds. The van der Waals surface area contributed by atoms with Gasteiger partial charge in [0.05, 0.1) is 0 Å². The first kappa shape index (κ1) is 45.2. The van der Waals surface area contributed by atoms with Crippen molar-refractivity contribution in [3.05, 3.63) is 95.1 Å². The van der Waals surface area contributed by atoms with Gasteiger partial charge >= 0.3 is 30.3 Å². The molecule has 19 heteroatoms. The third-order valence-electron chi connectivity index (χ3n) is 9.50. The lowest BCUT2D eigenvalue weighted by atomic mass is 9.88. The Balaban J connectivity index is 0.000000456. The van der Waals surface area contributed by atoms with Gasteiger partial charge in [-0.2, -0.15) is 26.3 Å². The molecule has 3 aromatic carbocycles. The number of para-hydroxylation sites is 2. The van der Waals surface area contributed by atoms with Gasteiger partial charge in [-0.15, -0.1) is 0 Å². The van der Waals surface area contributed by atoms with E-state index < -0.39 is 30.3 Å². The summed E-state index contributed by atoms with van der Waals surface area (Å²) in [6, 6.07) is 23.2. The van der Waals surface area contributed by atoms with Crippen molar-refractivity contribution in [1.82, 2.24) is 20.1 Å². The number of anilines is 2. The Bertz CT molecular complexity index is 2010. The van der Waals surface area contributed by atoms with E-state index in [4.69, 9.17) is 31.4 Å². The van der Waals surface area contributed by atoms with Crippen molar-refractivity contribution in [3.63, 3.8) is 0 Å². The van der Waals surface area contributed by atoms with Gasteiger partial charge in [0.1, 0.15) is 6.04 Å². The molecule has 4 aromatic rings. The second-order valence-electron chi connectivity index (χ2n) is 14.0. The molecule has 2 aliphatic heterocycles. The summed E-state index contributed by atoms with van der Waals surface area (Å²) < 4.78 is 63.5. The maximum absolute atomic E-state index is 14.7. The number of fused-ring (bicyclic) bond motifs is 2. The zero-order chi connectivity index (χ0) is 42.9. The van der Waals surface area contributed by atoms with Crippen molar-refractivity contribution >= 4 is 57.8 Å². The predicted octanol–water partition coefficient (Wildman–Crippen LogP) is 6.86. The lowest BCUT2D eigenvalue weighted by Gasteiger charge is -2.40. The SMILES string of the molecule is CC(c1c[nH]c2ccccc12)C(NC(=O)N1CCN(c2ccccc2)CC1)C(=O)N1C[C@@H](CN(C)C)Cc2cc(Cl)ccc21.O=C(O)C(F)(F)F.O=C(O)C(F)(F)F. The number of urea groups is 1. The van der Waals surface area contributed by atoms with Gasteiger partial charge in [-0.25, -0.2) is 14.4 Å². The first-order chi connectivity index (χ1) is 27.2. The van der Waals surface area contributed by atoms with Crippen LogP contribution in [-0.4, -0.2) is 121 Å². The van der Waals surface area contributed by atoms with Crippen molar-refractivity contribution in [2.24, 2.45) is 5.92 Å². The molecule has 1 fully saturated rings. The Hall–Kier alpha value is -5.49. The minimum atomic E-state index is -5.08. The largest absolute Gasteiger partial charge is 0.490 e. The first-order valence-electron chi connectivity index (χ1n) is 17.9. The fourth-order valence-electron chi connectivity index (χ4n) is 6.81. The van der Waals surface area contributed by atoms with E-state index in [9.17, 15) is 35.9 Å². The topological polar surface area (TPSA) is 150 Å². The summed E-state index contributed by atoms with van der Waals surface area (Å²) >= 11 is 6.41. The number of H-pyrrole nitrogens is 1. The molecule has 0 spiro atoms. The predicted molar refractivity (Wildman–Crippen MR) is 206 cm³/mol. The monoisotopic (exact) mass is 840 g/mol. The maximum atomic E-state index is 14.7. The molecule has 4 N–H and O–H groups in total. The van der Waals surface area contributed by atoms with E-state index in [0.717, 1.165) is 59.5 Å². The van der Waals surface area contributed by atoms with Crippen LogP contribution in [0.1, 0.15) is 24.0 Å². The number of carbonyl (C=O) groups is 4. The summed E-state index contributed by atoms with van der Waals surface area (Å²) in [4.78, 5) is 57.9. The highest BCUT2D eigenvalue weighted by Crippen LogP contribution is 2.35. The molecule has 2 aliphatic rings. The maximum Gasteiger partial charge on any atom is 0.490 e. The van der Waals surface area contributed by atoms with Crippen LogP contribution in [0.2, 0.25) is 5.02 Å². The summed E-state index contributed by atoms with van der Waals surface area (Å²) in [7, 11) is 4.11. The van der Waals surface area contributed by atoms with Crippen LogP contribution in [0.4, 0.5) is 42.5 Å². The number of amides is 3. The number of carboxylic acid groups (broad SMARTS) is 2. The number of alkyl halides is 6. The number of carbonyl (C=O) groups excluding carboxylic acids is 2. The summed E-state index contributed by atoms with van der Waals surface area (Å²) in [5, 5.41) is 19.2. The second kappa shape index (κ2) is 19.3. The quantitative estimate of drug-likeness (QED) is 0.148. The molecule has 0 aliphatic carbocycles. The van der Waals surface area contributed by atoms with E-state index in [1.165, 1.54) is 0 Å². The van der Waals surface area contributed by atoms with Crippen molar-refractivity contribution in [2.75, 3.05) is 63.2 Å². The number of aromatic nitrogens is 1. The number of rotatable bonds is 7. The molecule has 12 nitrogen and oxygen atoms in total. The van der Waals surface area contributed by atoms with Crippen molar-refractivity contribution < 1.29 is 55.7 Å². The molecule has 2 unspecified atom stereocenters. The van der Waals surface area contributed by atoms with Gasteiger partial charge in [-0.3, -0.25) is 4.79 Å². The van der Waals surface area contributed by atoms with Crippen LogP contribution in [-0.2, 0) is 20.8 Å². The van der Waals surface area contributed by atoms with Crippen LogP contribution in [0, 0.1) is 5.92 Å². The molecule has 3 heterocycles. The number of hydrogen-bond donors (Lipinski definition) is 4. The Kier molecular flexibility index (Phi) is 15.0. The number of hydrogen-bond acceptors (Lipinski definition) is 6. The van der Waals surface area contributed by atoms with Crippen molar-refractivity contribution in [1.29, 1.82) is 0 Å². The van der Waals surface area contributed by atoms with Crippen LogP contribution in [0.5, 0.6) is 0 Å². The second-order valence-corrected chi connectivity index (χ2v) is 14.4. The molecular formula is C39H43ClF6N6O6. The summed E-state index contributed by atoms with van der Waals surface area (Å²) in [5.41, 5.74) is 5.10. The third kappa shape index (κ3) is 12.0. The standard InChI is InChI=1S/C35H41ClN6O2.2C2HF3O2/c1-24(30-21-37-31-12-8-7-11-29(30)31)33(38-35(44)41-17-15-40(16-18-41)28-9-5-4-6-10-28)34(43)42-23-25(22-39(2)3)19-26-20-27(36)13-14-32(26)42;2*3-2(4,5)1(6)7/h4-14,20-21,24-25,33,37H,15-19,22-23H2,1-3H3,(H,38,44);2*(H,6,7)/t24?,25-,33?;;/m1../s1. The van der Waals surface area contributed by atoms with Gasteiger partial charge < -0.3 is 40.1 Å². The van der Waals surface area contributed by atoms with Gasteiger partial charge in [-0.05, 0) is 74.0 Å². The minimum Gasteiger partial charge on any atom is -0.475 e. The van der Waals surface area contributed by atoms with Crippen molar-refractivity contribution in [3.8, 4) is 0 Å². The highest BCUT2D eigenvalue weighted by molar-refractivity contribution is 6.30. The Labute approximate surface area is 334 Å². The van der Waals surface area contributed by atoms with Crippen LogP contribution < -0.4 is 15.1 Å². The lowest BCUT2D eigenvalue weighted by molar-refractivity contribution is -0.193. The van der Waals surface area contributed by atoms with Crippen LogP contribution in [0.3, 0.4) is 0 Å². The van der Waals surface area contributed by atoms with Crippen LogP contribution in [0.25, 0.3) is 10.9 Å². The zero-order valence-electron chi connectivity index (χ0n) is 31.6. The number of piperazine rings is 1. The van der Waals surface area contributed by atoms with Crippen molar-refractivity contribution in [2.45, 2.75) is 37.7 Å². The van der Waals surface area contributed by atoms with Crippen LogP contribution >= 0.6 is 11.6 Å². The number of halogens is 7. The van der Waals surface area contributed by atoms with Gasteiger partial charge in [-0.1, -0.05) is 54.9 Å². The smallest absolute Gasteiger partial charge is 0.475 e. The highest BCUT2D eigenvalue weighted by atomic mass is 35.5. The van der Waals surface area contributed by atoms with E-state index in [2.05, 4.69) is 52.4 Å². The van der Waals surface area contributed by atoms with E-state index in [-0.39, 0.29) is 23.8 Å². The average molecular weight is 841 g/mol. The molecule has 0 radical (unpaired) electrons. The van der Waals surface area contributed by atoms with E-state index >= 15 is 0 Å². The molecule has 6 rings (SSSR count). The number of benzene rings is 3. The number of nitrogens with zero attached hydrogens (tertiary/aromatic N) is 4. The fourth-order valence-corrected chi connectivity index (χ4v) is 7.00. The highest BCUT2D eigenvalue weighted by Gasteiger charge is 2.40. The molecule has 0 saturated carbocycles. The molecular weight excluding hydrogens is 798 g/mol. The number of nitrogens with one attached hydrogen (secondary N) is 2. The summed E-state index contributed by atoms with van der Waals surface area (Å²) in [6.07, 6.45) is -7.35. The van der Waals surface area contributed by atoms with E-state index in [0.29, 0.717) is 24.7 Å². The normalized spacial score (nSPS) is 16.6. The number of aromatic amines is 1. The lowest BCUT2D eigenvalue weighted by Crippen LogP contribution is -2.58. The zero-order valence-corrected chi connectivity index (χ0v) is 32.4. The summed E-state index contributed by atoms with van der Waals surface area (Å²) in [5.74, 6) is -5.66. The molecule has 0 bridgehead atoms. The van der Waals surface area contributed by atoms with Gasteiger partial charge in [0.25, 0.3) is 0 Å². The molecule has 1 aromatic heterocycles. The molecule has 1 saturated heterocycles. The van der Waals surface area contributed by atoms with Gasteiger partial charge in [0, 0.05) is 78.7 Å². The molecule has 3 atom stereocenters.